The summed E-state index contributed by atoms with van der Waals surface area (Å²) in [6.07, 6.45) is -0.153. The van der Waals surface area contributed by atoms with Crippen molar-refractivity contribution in [1.29, 1.82) is 0 Å². The van der Waals surface area contributed by atoms with Gasteiger partial charge in [0.2, 0.25) is 0 Å². The summed E-state index contributed by atoms with van der Waals surface area (Å²) in [6.45, 7) is 15.1. The fraction of sp³-hybridized carbons (Fsp3) is 0.281. The van der Waals surface area contributed by atoms with Crippen molar-refractivity contribution in [1.82, 2.24) is 14.5 Å². The van der Waals surface area contributed by atoms with Crippen molar-refractivity contribution in [2.24, 2.45) is 5.92 Å². The lowest BCUT2D eigenvalue weighted by atomic mass is 10.0. The smallest absolute Gasteiger partial charge is 0.140 e. The number of ether oxygens (including phenoxy) is 1. The number of imidazole rings is 1. The molecule has 196 valence electrons. The first kappa shape index (κ1) is 25.6. The van der Waals surface area contributed by atoms with Crippen LogP contribution >= 0.6 is 0 Å². The lowest BCUT2D eigenvalue weighted by Crippen LogP contribution is -2.40. The molecule has 6 heteroatoms. The molecule has 0 aliphatic carbocycles. The second-order valence-corrected chi connectivity index (χ2v) is 10.3. The van der Waals surface area contributed by atoms with E-state index in [2.05, 4.69) is 79.4 Å². The molecule has 5 rings (SSSR count). The van der Waals surface area contributed by atoms with Gasteiger partial charge in [0, 0.05) is 30.0 Å². The average Bonchev–Trinajstić information content (AvgIpc) is 3.26. The van der Waals surface area contributed by atoms with E-state index in [1.165, 1.54) is 17.7 Å². The molecule has 0 fully saturated rings. The Labute approximate surface area is 224 Å². The molecule has 0 saturated heterocycles. The second kappa shape index (κ2) is 10.7. The summed E-state index contributed by atoms with van der Waals surface area (Å²) < 4.78 is 22.4. The van der Waals surface area contributed by atoms with Crippen molar-refractivity contribution < 1.29 is 9.13 Å². The standard InChI is InChI=1S/C32H35FN4O/c1-21(2)31(38-28-9-7-6-8-23(28)4)24(5)36-18-19-37-29(20-36)35-30(25-12-14-26(33)15-13-25)32(37)34-27-16-10-22(3)11-17-27/h6-17,21,31,34H,5,18-20H2,1-4H3. The lowest BCUT2D eigenvalue weighted by molar-refractivity contribution is 0.131. The van der Waals surface area contributed by atoms with Crippen molar-refractivity contribution in [2.75, 3.05) is 11.9 Å². The van der Waals surface area contributed by atoms with E-state index in [0.29, 0.717) is 6.54 Å². The molecule has 1 atom stereocenters. The minimum atomic E-state index is -0.262. The van der Waals surface area contributed by atoms with Crippen LogP contribution < -0.4 is 10.1 Å². The van der Waals surface area contributed by atoms with E-state index in [-0.39, 0.29) is 17.8 Å². The Kier molecular flexibility index (Phi) is 7.23. The van der Waals surface area contributed by atoms with Gasteiger partial charge in [0.05, 0.1) is 6.54 Å². The van der Waals surface area contributed by atoms with E-state index in [0.717, 1.165) is 58.7 Å². The molecule has 1 unspecified atom stereocenters. The van der Waals surface area contributed by atoms with Crippen molar-refractivity contribution in [3.63, 3.8) is 0 Å². The zero-order valence-electron chi connectivity index (χ0n) is 22.5. The summed E-state index contributed by atoms with van der Waals surface area (Å²) in [6, 6.07) is 22.9. The molecule has 1 N–H and O–H groups in total. The summed E-state index contributed by atoms with van der Waals surface area (Å²) >= 11 is 0. The van der Waals surface area contributed by atoms with E-state index < -0.39 is 0 Å². The van der Waals surface area contributed by atoms with Gasteiger partial charge in [-0.25, -0.2) is 9.37 Å². The Morgan fingerprint density at radius 3 is 2.37 bits per heavy atom. The fourth-order valence-corrected chi connectivity index (χ4v) is 4.88. The van der Waals surface area contributed by atoms with Crippen LogP contribution in [0.2, 0.25) is 0 Å². The number of nitrogens with one attached hydrogen (secondary N) is 1. The van der Waals surface area contributed by atoms with Crippen molar-refractivity contribution in [3.8, 4) is 17.0 Å². The molecular formula is C32H35FN4O. The molecule has 2 heterocycles. The van der Waals surface area contributed by atoms with Crippen LogP contribution in [0.4, 0.5) is 15.9 Å². The number of anilines is 2. The number of aromatic nitrogens is 2. The highest BCUT2D eigenvalue weighted by atomic mass is 19.1. The number of hydrogen-bond donors (Lipinski definition) is 1. The quantitative estimate of drug-likeness (QED) is 0.267. The van der Waals surface area contributed by atoms with Gasteiger partial charge in [0.25, 0.3) is 0 Å². The third-order valence-corrected chi connectivity index (χ3v) is 7.09. The molecule has 0 spiro atoms. The van der Waals surface area contributed by atoms with E-state index >= 15 is 0 Å². The van der Waals surface area contributed by atoms with Crippen LogP contribution in [0.5, 0.6) is 5.75 Å². The maximum Gasteiger partial charge on any atom is 0.140 e. The Morgan fingerprint density at radius 1 is 0.974 bits per heavy atom. The molecule has 38 heavy (non-hydrogen) atoms. The van der Waals surface area contributed by atoms with Crippen LogP contribution in [0.25, 0.3) is 11.3 Å². The zero-order chi connectivity index (χ0) is 26.8. The van der Waals surface area contributed by atoms with Gasteiger partial charge >= 0.3 is 0 Å². The first-order valence-electron chi connectivity index (χ1n) is 13.1. The van der Waals surface area contributed by atoms with Gasteiger partial charge in [-0.1, -0.05) is 56.3 Å². The first-order valence-corrected chi connectivity index (χ1v) is 13.1. The Balaban J connectivity index is 1.45. The third kappa shape index (κ3) is 5.30. The molecule has 0 bridgehead atoms. The van der Waals surface area contributed by atoms with Gasteiger partial charge in [-0.15, -0.1) is 0 Å². The van der Waals surface area contributed by atoms with Crippen LogP contribution in [0.1, 0.15) is 30.8 Å². The number of para-hydroxylation sites is 1. The molecule has 0 radical (unpaired) electrons. The molecule has 0 saturated carbocycles. The summed E-state index contributed by atoms with van der Waals surface area (Å²) in [4.78, 5) is 7.33. The van der Waals surface area contributed by atoms with Crippen molar-refractivity contribution in [2.45, 2.75) is 46.9 Å². The lowest BCUT2D eigenvalue weighted by Gasteiger charge is -2.36. The Hall–Kier alpha value is -4.06. The van der Waals surface area contributed by atoms with Crippen LogP contribution in [0.3, 0.4) is 0 Å². The van der Waals surface area contributed by atoms with Gasteiger partial charge in [0.1, 0.15) is 35.0 Å². The normalized spacial score (nSPS) is 13.8. The summed E-state index contributed by atoms with van der Waals surface area (Å²) in [5, 5.41) is 3.59. The number of nitrogens with zero attached hydrogens (tertiary/aromatic N) is 3. The fourth-order valence-electron chi connectivity index (χ4n) is 4.88. The molecule has 5 nitrogen and oxygen atoms in total. The average molecular weight is 511 g/mol. The SMILES string of the molecule is C=C(C(Oc1ccccc1C)C(C)C)N1CCn2c(nc(-c3ccc(F)cc3)c2Nc2ccc(C)cc2)C1. The predicted octanol–water partition coefficient (Wildman–Crippen LogP) is 7.48. The summed E-state index contributed by atoms with van der Waals surface area (Å²) in [5.74, 6) is 2.72. The molecule has 4 aromatic rings. The molecule has 3 aromatic carbocycles. The predicted molar refractivity (Wildman–Crippen MR) is 152 cm³/mol. The topological polar surface area (TPSA) is 42.3 Å². The van der Waals surface area contributed by atoms with E-state index in [4.69, 9.17) is 9.72 Å². The van der Waals surface area contributed by atoms with Crippen LogP contribution in [-0.2, 0) is 13.1 Å². The van der Waals surface area contributed by atoms with Gasteiger partial charge in [0.15, 0.2) is 0 Å². The van der Waals surface area contributed by atoms with Crippen molar-refractivity contribution >= 4 is 11.5 Å². The number of aryl methyl sites for hydroxylation is 2. The van der Waals surface area contributed by atoms with Gasteiger partial charge in [-0.05, 0) is 67.8 Å². The first-order chi connectivity index (χ1) is 18.3. The second-order valence-electron chi connectivity index (χ2n) is 10.3. The molecule has 1 aliphatic rings. The number of fused-ring (bicyclic) bond motifs is 1. The zero-order valence-corrected chi connectivity index (χ0v) is 22.5. The highest BCUT2D eigenvalue weighted by Gasteiger charge is 2.30. The Bertz CT molecular complexity index is 1420. The van der Waals surface area contributed by atoms with Crippen LogP contribution in [0.15, 0.2) is 85.1 Å². The number of hydrogen-bond acceptors (Lipinski definition) is 4. The molecule has 1 aliphatic heterocycles. The monoisotopic (exact) mass is 510 g/mol. The summed E-state index contributed by atoms with van der Waals surface area (Å²) in [5.41, 5.74) is 5.93. The van der Waals surface area contributed by atoms with Gasteiger partial charge in [-0.3, -0.25) is 0 Å². The molecule has 1 aromatic heterocycles. The highest BCUT2D eigenvalue weighted by Crippen LogP contribution is 2.35. The Morgan fingerprint density at radius 2 is 1.68 bits per heavy atom. The highest BCUT2D eigenvalue weighted by molar-refractivity contribution is 5.76. The number of rotatable bonds is 8. The van der Waals surface area contributed by atoms with Crippen molar-refractivity contribution in [3.05, 3.63) is 108 Å². The summed E-state index contributed by atoms with van der Waals surface area (Å²) in [7, 11) is 0. The van der Waals surface area contributed by atoms with Crippen LogP contribution in [0, 0.1) is 25.6 Å². The maximum absolute atomic E-state index is 13.7. The van der Waals surface area contributed by atoms with E-state index in [1.54, 1.807) is 12.1 Å². The molecule has 0 amide bonds. The maximum atomic E-state index is 13.7. The largest absolute Gasteiger partial charge is 0.484 e. The van der Waals surface area contributed by atoms with Gasteiger partial charge < -0.3 is 19.5 Å². The number of benzene rings is 3. The minimum absolute atomic E-state index is 0.153. The van der Waals surface area contributed by atoms with E-state index in [1.807, 2.05) is 18.2 Å². The third-order valence-electron chi connectivity index (χ3n) is 7.09. The van der Waals surface area contributed by atoms with Crippen LogP contribution in [-0.4, -0.2) is 27.1 Å². The number of halogens is 1. The van der Waals surface area contributed by atoms with Gasteiger partial charge in [-0.2, -0.15) is 0 Å². The van der Waals surface area contributed by atoms with E-state index in [9.17, 15) is 4.39 Å². The molecular weight excluding hydrogens is 475 g/mol. The minimum Gasteiger partial charge on any atom is -0.484 e.